The summed E-state index contributed by atoms with van der Waals surface area (Å²) in [4.78, 5) is 21.8. The highest BCUT2D eigenvalue weighted by atomic mass is 16.5. The van der Waals surface area contributed by atoms with E-state index >= 15 is 0 Å². The highest BCUT2D eigenvalue weighted by molar-refractivity contribution is 5.79. The summed E-state index contributed by atoms with van der Waals surface area (Å²) >= 11 is 0. The van der Waals surface area contributed by atoms with Crippen molar-refractivity contribution in [1.82, 2.24) is 14.8 Å². The van der Waals surface area contributed by atoms with E-state index in [-0.39, 0.29) is 11.8 Å². The first-order chi connectivity index (χ1) is 12.8. The first-order valence-electron chi connectivity index (χ1n) is 9.41. The second-order valence-electron chi connectivity index (χ2n) is 7.07. The fraction of sp³-hybridized carbons (Fsp3) is 0.429. The fourth-order valence-electron chi connectivity index (χ4n) is 3.81. The molecule has 2 aliphatic heterocycles. The summed E-state index contributed by atoms with van der Waals surface area (Å²) in [5.41, 5.74) is 2.24. The summed E-state index contributed by atoms with van der Waals surface area (Å²) in [5.74, 6) is 1.24. The second-order valence-corrected chi connectivity index (χ2v) is 7.07. The molecule has 2 aromatic rings. The van der Waals surface area contributed by atoms with Crippen molar-refractivity contribution in [3.63, 3.8) is 0 Å². The summed E-state index contributed by atoms with van der Waals surface area (Å²) in [6.45, 7) is 4.88. The monoisotopic (exact) mass is 351 g/mol. The lowest BCUT2D eigenvalue weighted by atomic mass is 9.95. The van der Waals surface area contributed by atoms with Crippen LogP contribution in [0.1, 0.15) is 17.7 Å². The predicted molar refractivity (Wildman–Crippen MR) is 99.8 cm³/mol. The van der Waals surface area contributed by atoms with Crippen molar-refractivity contribution in [3.05, 3.63) is 59.9 Å². The molecule has 1 saturated heterocycles. The van der Waals surface area contributed by atoms with Crippen LogP contribution < -0.4 is 4.74 Å². The van der Waals surface area contributed by atoms with Crippen molar-refractivity contribution in [2.75, 3.05) is 32.8 Å². The largest absolute Gasteiger partial charge is 0.493 e. The molecular weight excluding hydrogens is 326 g/mol. The van der Waals surface area contributed by atoms with E-state index in [0.717, 1.165) is 62.6 Å². The Morgan fingerprint density at radius 2 is 1.88 bits per heavy atom. The summed E-state index contributed by atoms with van der Waals surface area (Å²) in [6.07, 6.45) is 3.41. The fourth-order valence-corrected chi connectivity index (χ4v) is 3.81. The lowest BCUT2D eigenvalue weighted by Gasteiger charge is -2.36. The lowest BCUT2D eigenvalue weighted by molar-refractivity contribution is -0.137. The number of hydrogen-bond acceptors (Lipinski definition) is 4. The van der Waals surface area contributed by atoms with Gasteiger partial charge in [0.2, 0.25) is 5.91 Å². The van der Waals surface area contributed by atoms with Gasteiger partial charge in [-0.05, 0) is 36.6 Å². The smallest absolute Gasteiger partial charge is 0.226 e. The number of aromatic nitrogens is 1. The molecule has 0 aliphatic carbocycles. The van der Waals surface area contributed by atoms with Crippen LogP contribution in [-0.4, -0.2) is 53.5 Å². The predicted octanol–water partition coefficient (Wildman–Crippen LogP) is 2.37. The number of rotatable bonds is 3. The molecule has 0 spiro atoms. The number of fused-ring (bicyclic) bond motifs is 1. The molecule has 1 fully saturated rings. The van der Waals surface area contributed by atoms with Crippen molar-refractivity contribution in [2.45, 2.75) is 19.4 Å². The first-order valence-corrected chi connectivity index (χ1v) is 9.41. The number of carbonyl (C=O) groups excluding carboxylic acids is 1. The van der Waals surface area contributed by atoms with Crippen molar-refractivity contribution in [1.29, 1.82) is 0 Å². The van der Waals surface area contributed by atoms with Gasteiger partial charge in [0.1, 0.15) is 5.75 Å². The van der Waals surface area contributed by atoms with E-state index in [0.29, 0.717) is 6.61 Å². The normalized spacial score (nSPS) is 20.8. The highest BCUT2D eigenvalue weighted by Crippen LogP contribution is 2.27. The third-order valence-electron chi connectivity index (χ3n) is 5.31. The van der Waals surface area contributed by atoms with Crippen LogP contribution in [0.5, 0.6) is 5.75 Å². The van der Waals surface area contributed by atoms with Crippen LogP contribution in [-0.2, 0) is 17.8 Å². The quantitative estimate of drug-likeness (QED) is 0.852. The van der Waals surface area contributed by atoms with Gasteiger partial charge in [0.15, 0.2) is 0 Å². The molecule has 0 saturated carbocycles. The molecule has 5 heteroatoms. The molecule has 5 nitrogen and oxygen atoms in total. The molecule has 1 aromatic carbocycles. The van der Waals surface area contributed by atoms with Gasteiger partial charge in [0, 0.05) is 44.8 Å². The molecule has 0 bridgehead atoms. The van der Waals surface area contributed by atoms with E-state index in [1.54, 1.807) is 0 Å². The number of nitrogens with zero attached hydrogens (tertiary/aromatic N) is 3. The van der Waals surface area contributed by atoms with Gasteiger partial charge in [-0.25, -0.2) is 0 Å². The number of piperazine rings is 1. The maximum absolute atomic E-state index is 13.0. The Hall–Kier alpha value is -2.40. The highest BCUT2D eigenvalue weighted by Gasteiger charge is 2.29. The van der Waals surface area contributed by atoms with Gasteiger partial charge < -0.3 is 9.64 Å². The summed E-state index contributed by atoms with van der Waals surface area (Å²) in [7, 11) is 0. The van der Waals surface area contributed by atoms with Gasteiger partial charge in [-0.15, -0.1) is 0 Å². The number of amides is 1. The van der Waals surface area contributed by atoms with Crippen LogP contribution in [0, 0.1) is 5.92 Å². The molecule has 1 amide bonds. The minimum atomic E-state index is 0.0287. The van der Waals surface area contributed by atoms with Crippen molar-refractivity contribution in [3.8, 4) is 5.75 Å². The van der Waals surface area contributed by atoms with Crippen molar-refractivity contribution >= 4 is 5.91 Å². The van der Waals surface area contributed by atoms with E-state index in [4.69, 9.17) is 4.74 Å². The Bertz CT molecular complexity index is 742. The van der Waals surface area contributed by atoms with E-state index < -0.39 is 0 Å². The minimum Gasteiger partial charge on any atom is -0.493 e. The van der Waals surface area contributed by atoms with Crippen LogP contribution in [0.25, 0.3) is 0 Å². The van der Waals surface area contributed by atoms with Crippen molar-refractivity contribution < 1.29 is 9.53 Å². The summed E-state index contributed by atoms with van der Waals surface area (Å²) in [6, 6.07) is 14.1. The van der Waals surface area contributed by atoms with E-state index in [1.165, 1.54) is 0 Å². The molecule has 1 aromatic heterocycles. The molecule has 26 heavy (non-hydrogen) atoms. The van der Waals surface area contributed by atoms with E-state index in [1.807, 2.05) is 41.4 Å². The van der Waals surface area contributed by atoms with E-state index in [2.05, 4.69) is 22.0 Å². The molecule has 0 radical (unpaired) electrons. The number of para-hydroxylation sites is 1. The topological polar surface area (TPSA) is 45.7 Å². The average molecular weight is 351 g/mol. The second kappa shape index (κ2) is 7.87. The molecule has 1 atom stereocenters. The molecule has 3 heterocycles. The summed E-state index contributed by atoms with van der Waals surface area (Å²) < 4.78 is 5.81. The maximum atomic E-state index is 13.0. The maximum Gasteiger partial charge on any atom is 0.226 e. The van der Waals surface area contributed by atoms with Gasteiger partial charge in [-0.1, -0.05) is 24.3 Å². The van der Waals surface area contributed by atoms with Gasteiger partial charge in [0.25, 0.3) is 0 Å². The lowest BCUT2D eigenvalue weighted by Crippen LogP contribution is -2.50. The Labute approximate surface area is 154 Å². The Morgan fingerprint density at radius 3 is 2.69 bits per heavy atom. The summed E-state index contributed by atoms with van der Waals surface area (Å²) in [5, 5.41) is 0. The van der Waals surface area contributed by atoms with E-state index in [9.17, 15) is 4.79 Å². The van der Waals surface area contributed by atoms with Crippen LogP contribution in [0.3, 0.4) is 0 Å². The van der Waals surface area contributed by atoms with Crippen LogP contribution in [0.4, 0.5) is 0 Å². The zero-order chi connectivity index (χ0) is 17.8. The third-order valence-corrected chi connectivity index (χ3v) is 5.31. The molecule has 0 N–H and O–H groups in total. The number of benzene rings is 1. The zero-order valence-electron chi connectivity index (χ0n) is 15.0. The standard InChI is InChI=1S/C21H25N3O2/c25-21(18-8-14-26-20-7-2-1-5-17(20)15-18)24-12-10-23(11-13-24)16-19-6-3-4-9-22-19/h1-7,9,18H,8,10-16H2/t18-/m0/s1. The molecule has 136 valence electrons. The number of ether oxygens (including phenoxy) is 1. The van der Waals surface area contributed by atoms with Gasteiger partial charge in [-0.2, -0.15) is 0 Å². The van der Waals surface area contributed by atoms with Gasteiger partial charge in [-0.3, -0.25) is 14.7 Å². The number of hydrogen-bond donors (Lipinski definition) is 0. The van der Waals surface area contributed by atoms with Crippen molar-refractivity contribution in [2.24, 2.45) is 5.92 Å². The Kier molecular flexibility index (Phi) is 5.16. The molecule has 4 rings (SSSR count). The van der Waals surface area contributed by atoms with Crippen LogP contribution >= 0.6 is 0 Å². The molecular formula is C21H25N3O2. The van der Waals surface area contributed by atoms with Gasteiger partial charge >= 0.3 is 0 Å². The number of pyridine rings is 1. The number of carbonyl (C=O) groups is 1. The minimum absolute atomic E-state index is 0.0287. The Morgan fingerprint density at radius 1 is 1.08 bits per heavy atom. The SMILES string of the molecule is O=C([C@H]1CCOc2ccccc2C1)N1CCN(Cc2ccccn2)CC1. The van der Waals surface area contributed by atoms with Gasteiger partial charge in [0.05, 0.1) is 12.3 Å². The Balaban J connectivity index is 1.33. The average Bonchev–Trinajstić information content (AvgIpc) is 2.91. The van der Waals surface area contributed by atoms with Crippen LogP contribution in [0.15, 0.2) is 48.7 Å². The molecule has 2 aliphatic rings. The first kappa shape index (κ1) is 17.0. The third kappa shape index (κ3) is 3.88. The zero-order valence-corrected chi connectivity index (χ0v) is 15.0. The van der Waals surface area contributed by atoms with Crippen LogP contribution in [0.2, 0.25) is 0 Å². The molecule has 0 unspecified atom stereocenters.